The highest BCUT2D eigenvalue weighted by molar-refractivity contribution is 5.31. The summed E-state index contributed by atoms with van der Waals surface area (Å²) in [7, 11) is 3.51. The van der Waals surface area contributed by atoms with Crippen LogP contribution >= 0.6 is 0 Å². The zero-order chi connectivity index (χ0) is 13.7. The molecule has 100 valence electrons. The van der Waals surface area contributed by atoms with E-state index >= 15 is 0 Å². The van der Waals surface area contributed by atoms with E-state index in [1.54, 1.807) is 7.11 Å². The van der Waals surface area contributed by atoms with Crippen molar-refractivity contribution in [3.05, 3.63) is 53.2 Å². The van der Waals surface area contributed by atoms with E-state index in [-0.39, 0.29) is 6.04 Å². The maximum Gasteiger partial charge on any atom is 0.233 e. The summed E-state index contributed by atoms with van der Waals surface area (Å²) >= 11 is 0. The van der Waals surface area contributed by atoms with Gasteiger partial charge in [-0.05, 0) is 30.7 Å². The number of methoxy groups -OCH3 is 1. The fraction of sp³-hybridized carbons (Fsp3) is 0.333. The van der Waals surface area contributed by atoms with Gasteiger partial charge in [-0.25, -0.2) is 0 Å². The van der Waals surface area contributed by atoms with Gasteiger partial charge >= 0.3 is 0 Å². The maximum atomic E-state index is 5.03. The first-order chi connectivity index (χ1) is 9.28. The number of hydrogen-bond acceptors (Lipinski definition) is 4. The first kappa shape index (κ1) is 13.5. The Kier molecular flexibility index (Phi) is 4.47. The molecule has 4 nitrogen and oxygen atoms in total. The number of aromatic nitrogens is 2. The van der Waals surface area contributed by atoms with Crippen LogP contribution in [0.5, 0.6) is 5.88 Å². The Morgan fingerprint density at radius 3 is 2.63 bits per heavy atom. The van der Waals surface area contributed by atoms with Crippen molar-refractivity contribution >= 4 is 0 Å². The molecule has 0 fully saturated rings. The molecule has 0 saturated heterocycles. The third kappa shape index (κ3) is 3.09. The van der Waals surface area contributed by atoms with Gasteiger partial charge < -0.3 is 10.1 Å². The molecule has 0 aliphatic heterocycles. The van der Waals surface area contributed by atoms with Gasteiger partial charge in [0.1, 0.15) is 0 Å². The maximum absolute atomic E-state index is 5.03. The van der Waals surface area contributed by atoms with Crippen molar-refractivity contribution < 1.29 is 4.74 Å². The molecule has 0 amide bonds. The standard InChI is InChI=1S/C15H19N3O/c1-4-11-6-5-7-12(10-11)15(16-2)13-8-9-14(19-3)18-17-13/h5-10,15-16H,4H2,1-3H3. The Morgan fingerprint density at radius 2 is 2.05 bits per heavy atom. The first-order valence-electron chi connectivity index (χ1n) is 6.42. The normalized spacial score (nSPS) is 12.2. The van der Waals surface area contributed by atoms with Crippen LogP contribution in [0.4, 0.5) is 0 Å². The van der Waals surface area contributed by atoms with Crippen molar-refractivity contribution in [1.29, 1.82) is 0 Å². The average Bonchev–Trinajstić information content (AvgIpc) is 2.49. The van der Waals surface area contributed by atoms with Crippen molar-refractivity contribution in [2.75, 3.05) is 14.2 Å². The lowest BCUT2D eigenvalue weighted by Crippen LogP contribution is -2.19. The Bertz CT molecular complexity index is 525. The highest BCUT2D eigenvalue weighted by Crippen LogP contribution is 2.21. The number of benzene rings is 1. The van der Waals surface area contributed by atoms with Crippen molar-refractivity contribution in [3.8, 4) is 5.88 Å². The van der Waals surface area contributed by atoms with E-state index in [0.717, 1.165) is 12.1 Å². The number of rotatable bonds is 5. The Labute approximate surface area is 113 Å². The van der Waals surface area contributed by atoms with Crippen molar-refractivity contribution in [3.63, 3.8) is 0 Å². The molecule has 0 spiro atoms. The van der Waals surface area contributed by atoms with E-state index in [1.807, 2.05) is 19.2 Å². The fourth-order valence-electron chi connectivity index (χ4n) is 2.07. The molecule has 0 radical (unpaired) electrons. The summed E-state index contributed by atoms with van der Waals surface area (Å²) in [4.78, 5) is 0. The molecule has 19 heavy (non-hydrogen) atoms. The van der Waals surface area contributed by atoms with E-state index in [9.17, 15) is 0 Å². The zero-order valence-electron chi connectivity index (χ0n) is 11.6. The van der Waals surface area contributed by atoms with Crippen LogP contribution < -0.4 is 10.1 Å². The molecule has 0 bridgehead atoms. The summed E-state index contributed by atoms with van der Waals surface area (Å²) < 4.78 is 5.03. The third-order valence-corrected chi connectivity index (χ3v) is 3.15. The molecule has 1 atom stereocenters. The Morgan fingerprint density at radius 1 is 1.21 bits per heavy atom. The van der Waals surface area contributed by atoms with Gasteiger partial charge in [-0.1, -0.05) is 31.2 Å². The van der Waals surface area contributed by atoms with Crippen LogP contribution in [0.2, 0.25) is 0 Å². The fourth-order valence-corrected chi connectivity index (χ4v) is 2.07. The third-order valence-electron chi connectivity index (χ3n) is 3.15. The predicted octanol–water partition coefficient (Wildman–Crippen LogP) is 2.36. The second-order valence-corrected chi connectivity index (χ2v) is 4.32. The lowest BCUT2D eigenvalue weighted by molar-refractivity contribution is 0.390. The van der Waals surface area contributed by atoms with Gasteiger partial charge in [0.05, 0.1) is 18.8 Å². The van der Waals surface area contributed by atoms with Crippen molar-refractivity contribution in [1.82, 2.24) is 15.5 Å². The molecule has 2 aromatic rings. The number of hydrogen-bond donors (Lipinski definition) is 1. The summed E-state index contributed by atoms with van der Waals surface area (Å²) in [5.74, 6) is 0.529. The quantitative estimate of drug-likeness (QED) is 0.893. The molecule has 0 aliphatic rings. The topological polar surface area (TPSA) is 47.0 Å². The number of ether oxygens (including phenoxy) is 1. The van der Waals surface area contributed by atoms with Gasteiger partial charge in [0, 0.05) is 6.07 Å². The molecule has 4 heteroatoms. The van der Waals surface area contributed by atoms with Crippen LogP contribution in [0.3, 0.4) is 0 Å². The number of nitrogens with one attached hydrogen (secondary N) is 1. The van der Waals surface area contributed by atoms with E-state index in [2.05, 4.69) is 46.7 Å². The minimum Gasteiger partial charge on any atom is -0.480 e. The lowest BCUT2D eigenvalue weighted by Gasteiger charge is -2.16. The minimum absolute atomic E-state index is 0.0462. The summed E-state index contributed by atoms with van der Waals surface area (Å²) in [6.45, 7) is 2.15. The van der Waals surface area contributed by atoms with Crippen LogP contribution in [0.15, 0.2) is 36.4 Å². The van der Waals surface area contributed by atoms with Crippen LogP contribution in [0, 0.1) is 0 Å². The lowest BCUT2D eigenvalue weighted by atomic mass is 10.0. The second kappa shape index (κ2) is 6.29. The average molecular weight is 257 g/mol. The molecule has 1 N–H and O–H groups in total. The number of nitrogens with zero attached hydrogens (tertiary/aromatic N) is 2. The summed E-state index contributed by atoms with van der Waals surface area (Å²) in [6.07, 6.45) is 1.03. The van der Waals surface area contributed by atoms with Crippen molar-refractivity contribution in [2.24, 2.45) is 0 Å². The summed E-state index contributed by atoms with van der Waals surface area (Å²) in [5, 5.41) is 11.5. The summed E-state index contributed by atoms with van der Waals surface area (Å²) in [6, 6.07) is 12.3. The molecule has 0 aliphatic carbocycles. The smallest absolute Gasteiger partial charge is 0.233 e. The SMILES string of the molecule is CCc1cccc(C(NC)c2ccc(OC)nn2)c1. The van der Waals surface area contributed by atoms with Gasteiger partial charge in [-0.2, -0.15) is 0 Å². The molecule has 2 rings (SSSR count). The monoisotopic (exact) mass is 257 g/mol. The summed E-state index contributed by atoms with van der Waals surface area (Å²) in [5.41, 5.74) is 3.40. The van der Waals surface area contributed by atoms with Gasteiger partial charge in [-0.3, -0.25) is 0 Å². The Balaban J connectivity index is 2.31. The molecular formula is C15H19N3O. The van der Waals surface area contributed by atoms with Crippen LogP contribution in [0.25, 0.3) is 0 Å². The predicted molar refractivity (Wildman–Crippen MR) is 75.3 cm³/mol. The van der Waals surface area contributed by atoms with Gasteiger partial charge in [0.15, 0.2) is 0 Å². The van der Waals surface area contributed by atoms with Gasteiger partial charge in [0.25, 0.3) is 0 Å². The number of aryl methyl sites for hydroxylation is 1. The zero-order valence-corrected chi connectivity index (χ0v) is 11.6. The first-order valence-corrected chi connectivity index (χ1v) is 6.42. The molecule has 1 unspecified atom stereocenters. The molecule has 1 aromatic heterocycles. The molecule has 1 heterocycles. The minimum atomic E-state index is 0.0462. The van der Waals surface area contributed by atoms with Gasteiger partial charge in [0.2, 0.25) is 5.88 Å². The molecule has 0 saturated carbocycles. The van der Waals surface area contributed by atoms with Gasteiger partial charge in [-0.15, -0.1) is 10.2 Å². The Hall–Kier alpha value is -1.94. The highest BCUT2D eigenvalue weighted by Gasteiger charge is 2.14. The largest absolute Gasteiger partial charge is 0.480 e. The van der Waals surface area contributed by atoms with Crippen LogP contribution in [0.1, 0.15) is 29.8 Å². The van der Waals surface area contributed by atoms with Crippen LogP contribution in [-0.4, -0.2) is 24.4 Å². The van der Waals surface area contributed by atoms with Crippen molar-refractivity contribution in [2.45, 2.75) is 19.4 Å². The van der Waals surface area contributed by atoms with Crippen LogP contribution in [-0.2, 0) is 6.42 Å². The molecule has 1 aromatic carbocycles. The van der Waals surface area contributed by atoms with E-state index in [1.165, 1.54) is 11.1 Å². The van der Waals surface area contributed by atoms with E-state index in [0.29, 0.717) is 5.88 Å². The highest BCUT2D eigenvalue weighted by atomic mass is 16.5. The van der Waals surface area contributed by atoms with E-state index < -0.39 is 0 Å². The second-order valence-electron chi connectivity index (χ2n) is 4.32. The molecular weight excluding hydrogens is 238 g/mol. The van der Waals surface area contributed by atoms with E-state index in [4.69, 9.17) is 4.74 Å².